The number of rotatable bonds is 2. The Kier molecular flexibility index (Phi) is 2.93. The normalized spacial score (nSPS) is 21.5. The number of carbonyl (C=O) groups excluding carboxylic acids is 1. The van der Waals surface area contributed by atoms with Crippen LogP contribution in [0.25, 0.3) is 0 Å². The Morgan fingerprint density at radius 2 is 2.18 bits per heavy atom. The number of benzene rings is 1. The van der Waals surface area contributed by atoms with Gasteiger partial charge in [0, 0.05) is 10.7 Å². The highest BCUT2D eigenvalue weighted by Crippen LogP contribution is 2.38. The number of nitrogens with one attached hydrogen (secondary N) is 1. The van der Waals surface area contributed by atoms with E-state index in [4.69, 9.17) is 16.7 Å². The van der Waals surface area contributed by atoms with E-state index in [1.807, 2.05) is 0 Å². The van der Waals surface area contributed by atoms with Gasteiger partial charge in [-0.15, -0.1) is 0 Å². The lowest BCUT2D eigenvalue weighted by Crippen LogP contribution is -2.34. The Morgan fingerprint density at radius 1 is 1.47 bits per heavy atom. The van der Waals surface area contributed by atoms with Crippen LogP contribution in [0, 0.1) is 0 Å². The van der Waals surface area contributed by atoms with Gasteiger partial charge in [0.2, 0.25) is 0 Å². The maximum Gasteiger partial charge on any atom is 0.327 e. The van der Waals surface area contributed by atoms with Crippen LogP contribution in [0.4, 0.5) is 5.69 Å². The number of esters is 1. The predicted octanol–water partition coefficient (Wildman–Crippen LogP) is 1.48. The number of ether oxygens (including phenoxy) is 1. The molecule has 90 valence electrons. The van der Waals surface area contributed by atoms with E-state index in [9.17, 15) is 9.59 Å². The van der Waals surface area contributed by atoms with Crippen LogP contribution in [0.3, 0.4) is 0 Å². The molecule has 2 rings (SSSR count). The van der Waals surface area contributed by atoms with Crippen molar-refractivity contribution in [1.82, 2.24) is 0 Å². The van der Waals surface area contributed by atoms with E-state index in [0.717, 1.165) is 0 Å². The Bertz CT molecular complexity index is 488. The first-order valence-electron chi connectivity index (χ1n) is 4.91. The van der Waals surface area contributed by atoms with E-state index in [-0.39, 0.29) is 0 Å². The molecule has 0 radical (unpaired) electrons. The van der Waals surface area contributed by atoms with Gasteiger partial charge in [-0.2, -0.15) is 0 Å². The Hall–Kier alpha value is -1.75. The molecule has 0 spiro atoms. The molecule has 1 aromatic carbocycles. The highest BCUT2D eigenvalue weighted by atomic mass is 35.5. The summed E-state index contributed by atoms with van der Waals surface area (Å²) in [6, 6.07) is 3.82. The summed E-state index contributed by atoms with van der Waals surface area (Å²) in [5, 5.41) is 12.3. The second-order valence-corrected chi connectivity index (χ2v) is 4.13. The summed E-state index contributed by atoms with van der Waals surface area (Å²) < 4.78 is 4.63. The summed E-state index contributed by atoms with van der Waals surface area (Å²) in [4.78, 5) is 22.7. The average molecular weight is 256 g/mol. The van der Waals surface area contributed by atoms with Crippen LogP contribution in [0.15, 0.2) is 18.2 Å². The van der Waals surface area contributed by atoms with Crippen molar-refractivity contribution in [2.45, 2.75) is 12.0 Å². The number of hydrogen-bond donors (Lipinski definition) is 2. The van der Waals surface area contributed by atoms with Crippen LogP contribution in [0.5, 0.6) is 0 Å². The monoisotopic (exact) mass is 255 g/mol. The highest BCUT2D eigenvalue weighted by molar-refractivity contribution is 6.31. The van der Waals surface area contributed by atoms with Crippen LogP contribution in [-0.4, -0.2) is 30.2 Å². The molecule has 1 heterocycles. The van der Waals surface area contributed by atoms with Crippen molar-refractivity contribution < 1.29 is 19.4 Å². The summed E-state index contributed by atoms with van der Waals surface area (Å²) in [7, 11) is 1.23. The van der Waals surface area contributed by atoms with Gasteiger partial charge in [-0.1, -0.05) is 17.7 Å². The number of halogens is 1. The molecule has 1 aliphatic rings. The molecule has 1 aromatic rings. The van der Waals surface area contributed by atoms with Crippen LogP contribution < -0.4 is 5.32 Å². The van der Waals surface area contributed by atoms with E-state index in [0.29, 0.717) is 16.3 Å². The summed E-state index contributed by atoms with van der Waals surface area (Å²) in [6.45, 7) is 0. The van der Waals surface area contributed by atoms with Gasteiger partial charge in [0.05, 0.1) is 7.11 Å². The lowest BCUT2D eigenvalue weighted by Gasteiger charge is -2.13. The molecule has 17 heavy (non-hydrogen) atoms. The number of carboxylic acid groups (broad SMARTS) is 1. The quantitative estimate of drug-likeness (QED) is 0.783. The Labute approximate surface area is 102 Å². The second-order valence-electron chi connectivity index (χ2n) is 3.69. The first kappa shape index (κ1) is 11.7. The molecule has 0 aliphatic carbocycles. The lowest BCUT2D eigenvalue weighted by atomic mass is 9.95. The zero-order valence-corrected chi connectivity index (χ0v) is 9.69. The third-order valence-corrected chi connectivity index (χ3v) is 2.95. The molecule has 0 amide bonds. The van der Waals surface area contributed by atoms with Crippen molar-refractivity contribution in [2.75, 3.05) is 12.4 Å². The smallest absolute Gasteiger partial charge is 0.327 e. The number of carbonyl (C=O) groups is 2. The molecular weight excluding hydrogens is 246 g/mol. The van der Waals surface area contributed by atoms with Crippen molar-refractivity contribution in [3.05, 3.63) is 28.8 Å². The van der Waals surface area contributed by atoms with E-state index >= 15 is 0 Å². The first-order valence-corrected chi connectivity index (χ1v) is 5.29. The standard InChI is InChI=1S/C11H10ClNO4/c1-17-11(16)8-6-3-2-5(12)4-7(6)13-9(8)10(14)15/h2-4,8-9,13H,1H3,(H,14,15)/t8-,9-/m1/s1. The zero-order chi connectivity index (χ0) is 12.6. The van der Waals surface area contributed by atoms with Crippen molar-refractivity contribution >= 4 is 29.2 Å². The van der Waals surface area contributed by atoms with Crippen molar-refractivity contribution in [3.63, 3.8) is 0 Å². The average Bonchev–Trinajstić information content (AvgIpc) is 2.66. The summed E-state index contributed by atoms with van der Waals surface area (Å²) in [5.74, 6) is -2.52. The van der Waals surface area contributed by atoms with E-state index in [2.05, 4.69) is 10.1 Å². The van der Waals surface area contributed by atoms with Crippen LogP contribution in [0.1, 0.15) is 11.5 Å². The molecule has 5 nitrogen and oxygen atoms in total. The fourth-order valence-corrected chi connectivity index (χ4v) is 2.12. The summed E-state index contributed by atoms with van der Waals surface area (Å²) >= 11 is 5.81. The minimum atomic E-state index is -1.10. The third kappa shape index (κ3) is 1.93. The van der Waals surface area contributed by atoms with Gasteiger partial charge >= 0.3 is 11.9 Å². The third-order valence-electron chi connectivity index (χ3n) is 2.72. The van der Waals surface area contributed by atoms with Gasteiger partial charge in [-0.05, 0) is 17.7 Å². The Balaban J connectivity index is 2.46. The number of methoxy groups -OCH3 is 1. The lowest BCUT2D eigenvalue weighted by molar-refractivity contribution is -0.148. The minimum Gasteiger partial charge on any atom is -0.480 e. The van der Waals surface area contributed by atoms with Gasteiger partial charge < -0.3 is 15.2 Å². The molecule has 6 heteroatoms. The number of fused-ring (bicyclic) bond motifs is 1. The maximum atomic E-state index is 11.6. The molecule has 0 saturated carbocycles. The predicted molar refractivity (Wildman–Crippen MR) is 61.3 cm³/mol. The van der Waals surface area contributed by atoms with Gasteiger partial charge in [-0.3, -0.25) is 4.79 Å². The van der Waals surface area contributed by atoms with Crippen molar-refractivity contribution in [1.29, 1.82) is 0 Å². The van der Waals surface area contributed by atoms with Gasteiger partial charge in [-0.25, -0.2) is 4.79 Å². The minimum absolute atomic E-state index is 0.478. The maximum absolute atomic E-state index is 11.6. The Morgan fingerprint density at radius 3 is 2.76 bits per heavy atom. The van der Waals surface area contributed by atoms with Crippen LogP contribution in [0.2, 0.25) is 5.02 Å². The van der Waals surface area contributed by atoms with Gasteiger partial charge in [0.1, 0.15) is 12.0 Å². The van der Waals surface area contributed by atoms with E-state index < -0.39 is 23.9 Å². The molecule has 0 unspecified atom stereocenters. The molecule has 2 atom stereocenters. The fourth-order valence-electron chi connectivity index (χ4n) is 1.95. The molecule has 0 bridgehead atoms. The van der Waals surface area contributed by atoms with Crippen LogP contribution >= 0.6 is 11.6 Å². The van der Waals surface area contributed by atoms with E-state index in [1.165, 1.54) is 7.11 Å². The molecular formula is C11H10ClNO4. The fraction of sp³-hybridized carbons (Fsp3) is 0.273. The number of hydrogen-bond acceptors (Lipinski definition) is 4. The molecule has 2 N–H and O–H groups in total. The summed E-state index contributed by atoms with van der Waals surface area (Å²) in [6.07, 6.45) is 0. The SMILES string of the molecule is COC(=O)[C@@H]1c2ccc(Cl)cc2N[C@H]1C(=O)O. The largest absolute Gasteiger partial charge is 0.480 e. The van der Waals surface area contributed by atoms with Crippen molar-refractivity contribution in [3.8, 4) is 0 Å². The van der Waals surface area contributed by atoms with Crippen molar-refractivity contribution in [2.24, 2.45) is 0 Å². The summed E-state index contributed by atoms with van der Waals surface area (Å²) in [5.41, 5.74) is 1.15. The molecule has 0 aromatic heterocycles. The van der Waals surface area contributed by atoms with Crippen LogP contribution in [-0.2, 0) is 14.3 Å². The number of carboxylic acids is 1. The first-order chi connectivity index (χ1) is 8.04. The number of anilines is 1. The molecule has 0 saturated heterocycles. The number of aliphatic carboxylic acids is 1. The topological polar surface area (TPSA) is 75.6 Å². The van der Waals surface area contributed by atoms with Gasteiger partial charge in [0.25, 0.3) is 0 Å². The van der Waals surface area contributed by atoms with E-state index in [1.54, 1.807) is 18.2 Å². The second kappa shape index (κ2) is 4.25. The highest BCUT2D eigenvalue weighted by Gasteiger charge is 2.42. The molecule has 0 fully saturated rings. The zero-order valence-electron chi connectivity index (χ0n) is 8.94. The molecule has 1 aliphatic heterocycles. The van der Waals surface area contributed by atoms with Gasteiger partial charge in [0.15, 0.2) is 0 Å².